The first kappa shape index (κ1) is 18.1. The van der Waals surface area contributed by atoms with E-state index in [1.807, 2.05) is 18.2 Å². The Labute approximate surface area is 154 Å². The number of oxime groups is 1. The highest BCUT2D eigenvalue weighted by Crippen LogP contribution is 2.24. The molecule has 0 aliphatic carbocycles. The number of rotatable bonds is 7. The second-order valence-corrected chi connectivity index (χ2v) is 6.42. The molecule has 1 amide bonds. The number of amides is 1. The van der Waals surface area contributed by atoms with E-state index in [4.69, 9.17) is 0 Å². The normalized spacial score (nSPS) is 15.9. The maximum absolute atomic E-state index is 12.5. The average molecular weight is 351 g/mol. The highest BCUT2D eigenvalue weighted by molar-refractivity contribution is 5.95. The molecule has 1 aliphatic heterocycles. The number of benzene rings is 2. The monoisotopic (exact) mass is 351 g/mol. The SMILES string of the molecule is CO/N=C/c1ccc(C(=O)NCC(c2ccccc2)N2CCCC2)cc1. The third-order valence-corrected chi connectivity index (χ3v) is 4.70. The van der Waals surface area contributed by atoms with Crippen molar-refractivity contribution in [2.75, 3.05) is 26.7 Å². The predicted octanol–water partition coefficient (Wildman–Crippen LogP) is 3.23. The van der Waals surface area contributed by atoms with Crippen LogP contribution in [0.15, 0.2) is 59.8 Å². The summed E-state index contributed by atoms with van der Waals surface area (Å²) in [4.78, 5) is 19.7. The van der Waals surface area contributed by atoms with Gasteiger partial charge >= 0.3 is 0 Å². The Hall–Kier alpha value is -2.66. The molecule has 1 aliphatic rings. The molecule has 2 aromatic rings. The zero-order chi connectivity index (χ0) is 18.2. The van der Waals surface area contributed by atoms with Crippen molar-refractivity contribution in [2.45, 2.75) is 18.9 Å². The molecular weight excluding hydrogens is 326 g/mol. The zero-order valence-electron chi connectivity index (χ0n) is 15.1. The molecule has 1 N–H and O–H groups in total. The number of carbonyl (C=O) groups is 1. The summed E-state index contributed by atoms with van der Waals surface area (Å²) in [5.41, 5.74) is 2.79. The van der Waals surface area contributed by atoms with Gasteiger partial charge in [0, 0.05) is 12.1 Å². The summed E-state index contributed by atoms with van der Waals surface area (Å²) in [6, 6.07) is 17.9. The smallest absolute Gasteiger partial charge is 0.251 e. The minimum atomic E-state index is -0.0552. The Balaban J connectivity index is 1.64. The average Bonchev–Trinajstić information content (AvgIpc) is 3.22. The molecule has 0 saturated carbocycles. The van der Waals surface area contributed by atoms with Gasteiger partial charge in [0.25, 0.3) is 5.91 Å². The van der Waals surface area contributed by atoms with Gasteiger partial charge in [0.15, 0.2) is 0 Å². The number of likely N-dealkylation sites (tertiary alicyclic amines) is 1. The standard InChI is InChI=1S/C21H25N3O2/c1-26-23-15-17-9-11-19(12-10-17)21(25)22-16-20(24-13-5-6-14-24)18-7-3-2-4-8-18/h2-4,7-12,15,20H,5-6,13-14,16H2,1H3,(H,22,25)/b23-15+. The van der Waals surface area contributed by atoms with Crippen molar-refractivity contribution in [3.05, 3.63) is 71.3 Å². The van der Waals surface area contributed by atoms with Gasteiger partial charge in [-0.2, -0.15) is 0 Å². The first-order valence-electron chi connectivity index (χ1n) is 9.02. The highest BCUT2D eigenvalue weighted by atomic mass is 16.6. The van der Waals surface area contributed by atoms with Crippen LogP contribution in [0.1, 0.15) is 40.4 Å². The Kier molecular flexibility index (Phi) is 6.39. The van der Waals surface area contributed by atoms with Crippen LogP contribution in [-0.2, 0) is 4.84 Å². The first-order chi connectivity index (χ1) is 12.8. The molecular formula is C21H25N3O2. The predicted molar refractivity (Wildman–Crippen MR) is 103 cm³/mol. The van der Waals surface area contributed by atoms with Gasteiger partial charge in [0.05, 0.1) is 12.3 Å². The van der Waals surface area contributed by atoms with Crippen LogP contribution in [0.4, 0.5) is 0 Å². The Morgan fingerprint density at radius 2 is 1.85 bits per heavy atom. The van der Waals surface area contributed by atoms with Gasteiger partial charge in [-0.05, 0) is 49.2 Å². The third kappa shape index (κ3) is 4.70. The molecule has 2 aromatic carbocycles. The van der Waals surface area contributed by atoms with Crippen molar-refractivity contribution in [1.29, 1.82) is 0 Å². The van der Waals surface area contributed by atoms with Crippen LogP contribution in [-0.4, -0.2) is 43.8 Å². The van der Waals surface area contributed by atoms with E-state index in [1.165, 1.54) is 25.5 Å². The fourth-order valence-corrected chi connectivity index (χ4v) is 3.31. The molecule has 5 heteroatoms. The van der Waals surface area contributed by atoms with Crippen molar-refractivity contribution >= 4 is 12.1 Å². The molecule has 1 saturated heterocycles. The molecule has 0 radical (unpaired) electrons. The third-order valence-electron chi connectivity index (χ3n) is 4.70. The van der Waals surface area contributed by atoms with Crippen molar-refractivity contribution in [3.8, 4) is 0 Å². The van der Waals surface area contributed by atoms with Crippen molar-refractivity contribution in [3.63, 3.8) is 0 Å². The minimum absolute atomic E-state index is 0.0552. The number of nitrogens with one attached hydrogen (secondary N) is 1. The molecule has 5 nitrogen and oxygen atoms in total. The van der Waals surface area contributed by atoms with E-state index in [2.05, 4.69) is 44.5 Å². The Bertz CT molecular complexity index is 723. The molecule has 0 aromatic heterocycles. The molecule has 1 unspecified atom stereocenters. The van der Waals surface area contributed by atoms with Gasteiger partial charge < -0.3 is 10.2 Å². The fraction of sp³-hybridized carbons (Fsp3) is 0.333. The van der Waals surface area contributed by atoms with E-state index in [-0.39, 0.29) is 11.9 Å². The summed E-state index contributed by atoms with van der Waals surface area (Å²) in [5.74, 6) is -0.0552. The maximum atomic E-state index is 12.5. The van der Waals surface area contributed by atoms with Gasteiger partial charge in [-0.3, -0.25) is 9.69 Å². The Morgan fingerprint density at radius 3 is 2.50 bits per heavy atom. The van der Waals surface area contributed by atoms with Crippen molar-refractivity contribution < 1.29 is 9.63 Å². The lowest BCUT2D eigenvalue weighted by atomic mass is 10.1. The van der Waals surface area contributed by atoms with E-state index in [0.717, 1.165) is 18.7 Å². The summed E-state index contributed by atoms with van der Waals surface area (Å²) in [5, 5.41) is 6.82. The molecule has 1 atom stereocenters. The van der Waals surface area contributed by atoms with Gasteiger partial charge in [0.2, 0.25) is 0 Å². The molecule has 26 heavy (non-hydrogen) atoms. The van der Waals surface area contributed by atoms with E-state index < -0.39 is 0 Å². The quantitative estimate of drug-likeness (QED) is 0.615. The molecule has 0 bridgehead atoms. The summed E-state index contributed by atoms with van der Waals surface area (Å²) >= 11 is 0. The van der Waals surface area contributed by atoms with Crippen molar-refractivity contribution in [1.82, 2.24) is 10.2 Å². The fourth-order valence-electron chi connectivity index (χ4n) is 3.31. The molecule has 3 rings (SSSR count). The van der Waals surface area contributed by atoms with E-state index in [1.54, 1.807) is 18.3 Å². The van der Waals surface area contributed by atoms with Crippen LogP contribution < -0.4 is 5.32 Å². The second-order valence-electron chi connectivity index (χ2n) is 6.42. The summed E-state index contributed by atoms with van der Waals surface area (Å²) in [7, 11) is 1.50. The largest absolute Gasteiger partial charge is 0.399 e. The second kappa shape index (κ2) is 9.15. The van der Waals surface area contributed by atoms with Crippen LogP contribution in [0.3, 0.4) is 0 Å². The van der Waals surface area contributed by atoms with Crippen molar-refractivity contribution in [2.24, 2.45) is 5.16 Å². The molecule has 136 valence electrons. The Morgan fingerprint density at radius 1 is 1.15 bits per heavy atom. The van der Waals surface area contributed by atoms with Crippen LogP contribution in [0, 0.1) is 0 Å². The van der Waals surface area contributed by atoms with Gasteiger partial charge in [-0.15, -0.1) is 0 Å². The number of nitrogens with zero attached hydrogens (tertiary/aromatic N) is 2. The van der Waals surface area contributed by atoms with Crippen LogP contribution in [0.2, 0.25) is 0 Å². The van der Waals surface area contributed by atoms with E-state index >= 15 is 0 Å². The number of hydrogen-bond acceptors (Lipinski definition) is 4. The van der Waals surface area contributed by atoms with E-state index in [0.29, 0.717) is 12.1 Å². The lowest BCUT2D eigenvalue weighted by molar-refractivity contribution is 0.0938. The number of hydrogen-bond donors (Lipinski definition) is 1. The minimum Gasteiger partial charge on any atom is -0.399 e. The molecule has 0 spiro atoms. The van der Waals surface area contributed by atoms with Crippen LogP contribution in [0.5, 0.6) is 0 Å². The van der Waals surface area contributed by atoms with Crippen LogP contribution >= 0.6 is 0 Å². The molecule has 1 fully saturated rings. The summed E-state index contributed by atoms with van der Waals surface area (Å²) in [6.07, 6.45) is 4.06. The first-order valence-corrected chi connectivity index (χ1v) is 9.02. The number of carbonyl (C=O) groups excluding carboxylic acids is 1. The zero-order valence-corrected chi connectivity index (χ0v) is 15.1. The van der Waals surface area contributed by atoms with E-state index in [9.17, 15) is 4.79 Å². The van der Waals surface area contributed by atoms with Gasteiger partial charge in [0.1, 0.15) is 7.11 Å². The lowest BCUT2D eigenvalue weighted by Crippen LogP contribution is -2.36. The van der Waals surface area contributed by atoms with Gasteiger partial charge in [-0.25, -0.2) is 0 Å². The van der Waals surface area contributed by atoms with Crippen LogP contribution in [0.25, 0.3) is 0 Å². The lowest BCUT2D eigenvalue weighted by Gasteiger charge is -2.28. The maximum Gasteiger partial charge on any atom is 0.251 e. The summed E-state index contributed by atoms with van der Waals surface area (Å²) in [6.45, 7) is 2.78. The highest BCUT2D eigenvalue weighted by Gasteiger charge is 2.23. The summed E-state index contributed by atoms with van der Waals surface area (Å²) < 4.78 is 0. The molecule has 1 heterocycles. The topological polar surface area (TPSA) is 53.9 Å². The van der Waals surface area contributed by atoms with Gasteiger partial charge in [-0.1, -0.05) is 47.6 Å².